The van der Waals surface area contributed by atoms with E-state index < -0.39 is 11.7 Å². The van der Waals surface area contributed by atoms with Gasteiger partial charge in [-0.2, -0.15) is 0 Å². The van der Waals surface area contributed by atoms with Gasteiger partial charge in [-0.05, 0) is 45.4 Å². The van der Waals surface area contributed by atoms with Crippen molar-refractivity contribution in [2.24, 2.45) is 5.73 Å². The van der Waals surface area contributed by atoms with Crippen LogP contribution in [0.25, 0.3) is 6.08 Å². The number of carbonyl (C=O) groups is 1. The minimum Gasteiger partial charge on any atom is -0.444 e. The summed E-state index contributed by atoms with van der Waals surface area (Å²) in [6.07, 6.45) is 3.16. The molecule has 0 bridgehead atoms. The van der Waals surface area contributed by atoms with E-state index in [1.807, 2.05) is 45.9 Å². The Bertz CT molecular complexity index is 505. The van der Waals surface area contributed by atoms with Crippen LogP contribution in [0.15, 0.2) is 24.3 Å². The fourth-order valence-electron chi connectivity index (χ4n) is 1.45. The van der Waals surface area contributed by atoms with Crippen molar-refractivity contribution in [2.45, 2.75) is 39.3 Å². The smallest absolute Gasteiger partial charge is 0.412 e. The van der Waals surface area contributed by atoms with Crippen molar-refractivity contribution in [3.8, 4) is 0 Å². The lowest BCUT2D eigenvalue weighted by molar-refractivity contribution is 0.0636. The first-order chi connectivity index (χ1) is 9.17. The van der Waals surface area contributed by atoms with E-state index in [1.54, 1.807) is 12.1 Å². The van der Waals surface area contributed by atoms with Crippen LogP contribution in [-0.4, -0.2) is 17.7 Å². The van der Waals surface area contributed by atoms with E-state index in [2.05, 4.69) is 5.32 Å². The fourth-order valence-corrected chi connectivity index (χ4v) is 1.62. The Labute approximate surface area is 124 Å². The summed E-state index contributed by atoms with van der Waals surface area (Å²) < 4.78 is 5.22. The zero-order valence-electron chi connectivity index (χ0n) is 12.2. The summed E-state index contributed by atoms with van der Waals surface area (Å²) in [5, 5.41) is 3.23. The summed E-state index contributed by atoms with van der Waals surface area (Å²) in [7, 11) is 0. The second-order valence-corrected chi connectivity index (χ2v) is 6.01. The highest BCUT2D eigenvalue weighted by Crippen LogP contribution is 2.23. The molecule has 0 aliphatic heterocycles. The largest absolute Gasteiger partial charge is 0.444 e. The van der Waals surface area contributed by atoms with Crippen LogP contribution in [-0.2, 0) is 4.74 Å². The summed E-state index contributed by atoms with van der Waals surface area (Å²) >= 11 is 5.96. The Balaban J connectivity index is 2.92. The molecule has 0 radical (unpaired) electrons. The van der Waals surface area contributed by atoms with Crippen molar-refractivity contribution in [3.63, 3.8) is 0 Å². The molecule has 110 valence electrons. The van der Waals surface area contributed by atoms with Crippen LogP contribution in [0.4, 0.5) is 10.5 Å². The second-order valence-electron chi connectivity index (χ2n) is 5.58. The van der Waals surface area contributed by atoms with Crippen molar-refractivity contribution >= 4 is 29.5 Å². The molecule has 1 aromatic carbocycles. The number of anilines is 1. The molecule has 1 aromatic rings. The first-order valence-corrected chi connectivity index (χ1v) is 6.78. The van der Waals surface area contributed by atoms with Crippen LogP contribution in [0, 0.1) is 0 Å². The maximum Gasteiger partial charge on any atom is 0.412 e. The molecule has 0 aliphatic rings. The SMILES string of the molecule is CC(N)/C=C/c1ccc(Cl)cc1NC(=O)OC(C)(C)C. The lowest BCUT2D eigenvalue weighted by atomic mass is 10.1. The minimum atomic E-state index is -0.551. The van der Waals surface area contributed by atoms with E-state index in [4.69, 9.17) is 22.1 Å². The van der Waals surface area contributed by atoms with Gasteiger partial charge in [0.1, 0.15) is 5.60 Å². The molecule has 0 saturated heterocycles. The standard InChI is InChI=1S/C15H21ClN2O2/c1-10(17)5-6-11-7-8-12(16)9-13(11)18-14(19)20-15(2,3)4/h5-10H,17H2,1-4H3,(H,18,19)/b6-5+. The number of hydrogen-bond acceptors (Lipinski definition) is 3. The number of nitrogens with one attached hydrogen (secondary N) is 1. The van der Waals surface area contributed by atoms with Gasteiger partial charge in [-0.3, -0.25) is 5.32 Å². The summed E-state index contributed by atoms with van der Waals surface area (Å²) in [4.78, 5) is 11.8. The number of halogens is 1. The van der Waals surface area contributed by atoms with E-state index in [1.165, 1.54) is 0 Å². The lowest BCUT2D eigenvalue weighted by Gasteiger charge is -2.20. The molecule has 20 heavy (non-hydrogen) atoms. The molecule has 1 amide bonds. The van der Waals surface area contributed by atoms with Gasteiger partial charge in [0.2, 0.25) is 0 Å². The van der Waals surface area contributed by atoms with Gasteiger partial charge in [0.05, 0.1) is 5.69 Å². The van der Waals surface area contributed by atoms with Crippen molar-refractivity contribution in [1.29, 1.82) is 0 Å². The zero-order chi connectivity index (χ0) is 15.3. The summed E-state index contributed by atoms with van der Waals surface area (Å²) in [5.41, 5.74) is 6.53. The molecule has 0 aliphatic carbocycles. The van der Waals surface area contributed by atoms with Crippen molar-refractivity contribution in [3.05, 3.63) is 34.9 Å². The van der Waals surface area contributed by atoms with Gasteiger partial charge in [-0.15, -0.1) is 0 Å². The van der Waals surface area contributed by atoms with Gasteiger partial charge in [-0.25, -0.2) is 4.79 Å². The third kappa shape index (κ3) is 6.08. The van der Waals surface area contributed by atoms with E-state index in [9.17, 15) is 4.79 Å². The number of nitrogens with two attached hydrogens (primary N) is 1. The third-order valence-corrected chi connectivity index (χ3v) is 2.47. The third-order valence-electron chi connectivity index (χ3n) is 2.23. The van der Waals surface area contributed by atoms with Gasteiger partial charge in [0, 0.05) is 11.1 Å². The number of rotatable bonds is 3. The van der Waals surface area contributed by atoms with Crippen molar-refractivity contribution in [2.75, 3.05) is 5.32 Å². The molecular weight excluding hydrogens is 276 g/mol. The molecule has 1 atom stereocenters. The normalized spacial score (nSPS) is 13.3. The zero-order valence-corrected chi connectivity index (χ0v) is 13.0. The fraction of sp³-hybridized carbons (Fsp3) is 0.400. The van der Waals surface area contributed by atoms with E-state index >= 15 is 0 Å². The number of hydrogen-bond donors (Lipinski definition) is 2. The van der Waals surface area contributed by atoms with Crippen LogP contribution in [0.3, 0.4) is 0 Å². The summed E-state index contributed by atoms with van der Waals surface area (Å²) in [6, 6.07) is 5.17. The average Bonchev–Trinajstić information content (AvgIpc) is 2.24. The summed E-state index contributed by atoms with van der Waals surface area (Å²) in [5.74, 6) is 0. The number of ether oxygens (including phenoxy) is 1. The van der Waals surface area contributed by atoms with Crippen molar-refractivity contribution < 1.29 is 9.53 Å². The molecule has 0 saturated carbocycles. The first-order valence-electron chi connectivity index (χ1n) is 6.41. The molecule has 0 aromatic heterocycles. The summed E-state index contributed by atoms with van der Waals surface area (Å²) in [6.45, 7) is 7.29. The predicted octanol–water partition coefficient (Wildman–Crippen LogP) is 4.05. The lowest BCUT2D eigenvalue weighted by Crippen LogP contribution is -2.27. The molecule has 3 N–H and O–H groups in total. The van der Waals surface area contributed by atoms with Gasteiger partial charge in [-0.1, -0.05) is 29.8 Å². The van der Waals surface area contributed by atoms with Gasteiger partial charge < -0.3 is 10.5 Å². The van der Waals surface area contributed by atoms with Crippen LogP contribution < -0.4 is 11.1 Å². The molecule has 4 nitrogen and oxygen atoms in total. The molecular formula is C15H21ClN2O2. The maximum absolute atomic E-state index is 11.8. The Morgan fingerprint density at radius 2 is 2.10 bits per heavy atom. The number of amides is 1. The highest BCUT2D eigenvalue weighted by atomic mass is 35.5. The Morgan fingerprint density at radius 3 is 2.65 bits per heavy atom. The highest BCUT2D eigenvalue weighted by Gasteiger charge is 2.17. The Hall–Kier alpha value is -1.52. The highest BCUT2D eigenvalue weighted by molar-refractivity contribution is 6.31. The molecule has 0 heterocycles. The van der Waals surface area contributed by atoms with E-state index in [0.717, 1.165) is 5.56 Å². The number of benzene rings is 1. The Kier molecular flexibility index (Phi) is 5.60. The molecule has 5 heteroatoms. The van der Waals surface area contributed by atoms with Crippen LogP contribution in [0.2, 0.25) is 5.02 Å². The van der Waals surface area contributed by atoms with Gasteiger partial charge in [0.25, 0.3) is 0 Å². The Morgan fingerprint density at radius 1 is 1.45 bits per heavy atom. The van der Waals surface area contributed by atoms with Gasteiger partial charge >= 0.3 is 6.09 Å². The van der Waals surface area contributed by atoms with Crippen molar-refractivity contribution in [1.82, 2.24) is 0 Å². The minimum absolute atomic E-state index is 0.0694. The molecule has 0 spiro atoms. The number of carbonyl (C=O) groups excluding carboxylic acids is 1. The monoisotopic (exact) mass is 296 g/mol. The van der Waals surface area contributed by atoms with Crippen LogP contribution >= 0.6 is 11.6 Å². The molecule has 1 unspecified atom stereocenters. The first kappa shape index (κ1) is 16.5. The quantitative estimate of drug-likeness (QED) is 0.884. The van der Waals surface area contributed by atoms with Crippen LogP contribution in [0.1, 0.15) is 33.3 Å². The van der Waals surface area contributed by atoms with E-state index in [-0.39, 0.29) is 6.04 Å². The topological polar surface area (TPSA) is 64.3 Å². The van der Waals surface area contributed by atoms with E-state index in [0.29, 0.717) is 10.7 Å². The van der Waals surface area contributed by atoms with Gasteiger partial charge in [0.15, 0.2) is 0 Å². The average molecular weight is 297 g/mol. The second kappa shape index (κ2) is 6.77. The molecule has 0 fully saturated rings. The predicted molar refractivity (Wildman–Crippen MR) is 84.0 cm³/mol. The van der Waals surface area contributed by atoms with Crippen LogP contribution in [0.5, 0.6) is 0 Å². The molecule has 1 rings (SSSR count). The maximum atomic E-state index is 11.8.